The Morgan fingerprint density at radius 1 is 1.33 bits per heavy atom. The number of aromatic nitrogens is 1. The van der Waals surface area contributed by atoms with Gasteiger partial charge in [0.2, 0.25) is 15.9 Å². The molecule has 0 saturated carbocycles. The van der Waals surface area contributed by atoms with E-state index >= 15 is 0 Å². The van der Waals surface area contributed by atoms with E-state index < -0.39 is 10.0 Å². The van der Waals surface area contributed by atoms with Gasteiger partial charge in [-0.15, -0.1) is 0 Å². The molecule has 0 atom stereocenters. The lowest BCUT2D eigenvalue weighted by Gasteiger charge is -2.37. The molecule has 0 unspecified atom stereocenters. The van der Waals surface area contributed by atoms with Crippen LogP contribution in [-0.2, 0) is 20.6 Å². The second-order valence-electron chi connectivity index (χ2n) is 5.33. The lowest BCUT2D eigenvalue weighted by molar-refractivity contribution is -0.138. The highest BCUT2D eigenvalue weighted by molar-refractivity contribution is 7.88. The van der Waals surface area contributed by atoms with Gasteiger partial charge in [-0.2, -0.15) is 4.31 Å². The molecule has 0 spiro atoms. The molecule has 8 nitrogen and oxygen atoms in total. The number of amides is 1. The smallest absolute Gasteiger partial charge is 0.228 e. The van der Waals surface area contributed by atoms with Crippen LogP contribution < -0.4 is 5.32 Å². The van der Waals surface area contributed by atoms with Crippen LogP contribution in [0.25, 0.3) is 0 Å². The molecule has 0 aliphatic carbocycles. The molecule has 0 bridgehead atoms. The molecule has 2 saturated heterocycles. The molecule has 1 amide bonds. The van der Waals surface area contributed by atoms with Crippen LogP contribution in [0, 0.1) is 5.92 Å². The molecule has 9 heteroatoms. The van der Waals surface area contributed by atoms with Crippen LogP contribution in [0.5, 0.6) is 0 Å². The van der Waals surface area contributed by atoms with Gasteiger partial charge in [0, 0.05) is 45.3 Å². The number of nitrogens with one attached hydrogen (secondary N) is 1. The monoisotopic (exact) mass is 314 g/mol. The Balaban J connectivity index is 1.56. The number of piperazine rings is 1. The van der Waals surface area contributed by atoms with Crippen LogP contribution >= 0.6 is 0 Å². The van der Waals surface area contributed by atoms with Gasteiger partial charge in [-0.3, -0.25) is 4.79 Å². The second kappa shape index (κ2) is 5.74. The topological polar surface area (TPSA) is 95.8 Å². The Kier molecular flexibility index (Phi) is 3.96. The molecule has 0 aromatic carbocycles. The summed E-state index contributed by atoms with van der Waals surface area (Å²) in [6.45, 7) is 3.03. The van der Waals surface area contributed by atoms with E-state index in [1.165, 1.54) is 10.6 Å². The number of hydrogen-bond donors (Lipinski definition) is 1. The summed E-state index contributed by atoms with van der Waals surface area (Å²) < 4.78 is 30.6. The second-order valence-corrected chi connectivity index (χ2v) is 7.30. The van der Waals surface area contributed by atoms with Gasteiger partial charge >= 0.3 is 0 Å². The minimum Gasteiger partial charge on any atom is -0.364 e. The van der Waals surface area contributed by atoms with Gasteiger partial charge in [0.05, 0.1) is 11.6 Å². The third kappa shape index (κ3) is 3.09. The van der Waals surface area contributed by atoms with Crippen molar-refractivity contribution >= 4 is 15.9 Å². The summed E-state index contributed by atoms with van der Waals surface area (Å²) >= 11 is 0. The minimum absolute atomic E-state index is 0.0586. The molecule has 1 aromatic heterocycles. The zero-order valence-corrected chi connectivity index (χ0v) is 12.4. The summed E-state index contributed by atoms with van der Waals surface area (Å²) in [6, 6.07) is 1.54. The molecule has 3 heterocycles. The number of hydrogen-bond acceptors (Lipinski definition) is 6. The quantitative estimate of drug-likeness (QED) is 0.755. The number of carbonyl (C=O) groups is 1. The molecular weight excluding hydrogens is 296 g/mol. The molecule has 116 valence electrons. The van der Waals surface area contributed by atoms with E-state index in [1.54, 1.807) is 11.0 Å². The highest BCUT2D eigenvalue weighted by Gasteiger charge is 2.33. The van der Waals surface area contributed by atoms with E-state index in [9.17, 15) is 13.2 Å². The number of rotatable bonds is 4. The summed E-state index contributed by atoms with van der Waals surface area (Å²) in [6.07, 6.45) is 1.36. The van der Waals surface area contributed by atoms with E-state index in [0.29, 0.717) is 31.9 Å². The normalized spacial score (nSPS) is 21.2. The summed E-state index contributed by atoms with van der Waals surface area (Å²) in [4.78, 5) is 13.8. The van der Waals surface area contributed by atoms with E-state index in [1.807, 2.05) is 0 Å². The van der Waals surface area contributed by atoms with Gasteiger partial charge in [-0.05, 0) is 0 Å². The number of carbonyl (C=O) groups excluding carboxylic acids is 1. The molecule has 1 N–H and O–H groups in total. The first-order valence-corrected chi connectivity index (χ1v) is 8.54. The van der Waals surface area contributed by atoms with Gasteiger partial charge in [-0.1, -0.05) is 5.16 Å². The summed E-state index contributed by atoms with van der Waals surface area (Å²) in [5, 5.41) is 6.70. The predicted octanol–water partition coefficient (Wildman–Crippen LogP) is -1.13. The van der Waals surface area contributed by atoms with Crippen LogP contribution in [0.1, 0.15) is 5.69 Å². The van der Waals surface area contributed by atoms with Gasteiger partial charge in [0.1, 0.15) is 12.0 Å². The van der Waals surface area contributed by atoms with Gasteiger partial charge in [-0.25, -0.2) is 8.42 Å². The highest BCUT2D eigenvalue weighted by Crippen LogP contribution is 2.15. The number of sulfonamides is 1. The van der Waals surface area contributed by atoms with Gasteiger partial charge in [0.25, 0.3) is 0 Å². The summed E-state index contributed by atoms with van der Waals surface area (Å²) in [5.74, 6) is 0.0230. The van der Waals surface area contributed by atoms with Crippen molar-refractivity contribution < 1.29 is 17.7 Å². The zero-order chi connectivity index (χ0) is 14.9. The Bertz CT molecular complexity index is 589. The molecule has 3 rings (SSSR count). The average Bonchev–Trinajstić information content (AvgIpc) is 2.89. The fourth-order valence-corrected chi connectivity index (χ4v) is 3.92. The van der Waals surface area contributed by atoms with Crippen molar-refractivity contribution in [2.45, 2.75) is 5.75 Å². The molecule has 2 aliphatic heterocycles. The average molecular weight is 314 g/mol. The van der Waals surface area contributed by atoms with Crippen LogP contribution in [0.4, 0.5) is 0 Å². The van der Waals surface area contributed by atoms with Crippen LogP contribution in [0.3, 0.4) is 0 Å². The molecule has 1 aromatic rings. The lowest BCUT2D eigenvalue weighted by Crippen LogP contribution is -2.57. The van der Waals surface area contributed by atoms with Gasteiger partial charge in [0.15, 0.2) is 0 Å². The fraction of sp³-hybridized carbons (Fsp3) is 0.667. The maximum atomic E-state index is 12.3. The van der Waals surface area contributed by atoms with Crippen LogP contribution in [0.15, 0.2) is 16.9 Å². The first kappa shape index (κ1) is 14.5. The fourth-order valence-electron chi connectivity index (χ4n) is 2.50. The Labute approximate surface area is 123 Å². The first-order valence-electron chi connectivity index (χ1n) is 6.93. The predicted molar refractivity (Wildman–Crippen MR) is 73.6 cm³/mol. The zero-order valence-electron chi connectivity index (χ0n) is 11.6. The Hall–Kier alpha value is -1.45. The number of nitrogens with zero attached hydrogens (tertiary/aromatic N) is 3. The molecular formula is C12H18N4O4S. The molecule has 2 fully saturated rings. The Morgan fingerprint density at radius 2 is 2.05 bits per heavy atom. The molecule has 0 radical (unpaired) electrons. The maximum absolute atomic E-state index is 12.3. The first-order chi connectivity index (χ1) is 10.1. The van der Waals surface area contributed by atoms with E-state index in [0.717, 1.165) is 13.1 Å². The van der Waals surface area contributed by atoms with Crippen molar-refractivity contribution in [1.82, 2.24) is 19.7 Å². The van der Waals surface area contributed by atoms with Crippen molar-refractivity contribution in [1.29, 1.82) is 0 Å². The van der Waals surface area contributed by atoms with E-state index in [4.69, 9.17) is 0 Å². The van der Waals surface area contributed by atoms with Crippen molar-refractivity contribution in [3.63, 3.8) is 0 Å². The minimum atomic E-state index is -3.41. The van der Waals surface area contributed by atoms with Crippen molar-refractivity contribution in [3.05, 3.63) is 18.0 Å². The van der Waals surface area contributed by atoms with Crippen LogP contribution in [0.2, 0.25) is 0 Å². The largest absolute Gasteiger partial charge is 0.364 e. The van der Waals surface area contributed by atoms with E-state index in [-0.39, 0.29) is 17.6 Å². The van der Waals surface area contributed by atoms with E-state index in [2.05, 4.69) is 15.0 Å². The van der Waals surface area contributed by atoms with Crippen molar-refractivity contribution in [3.8, 4) is 0 Å². The van der Waals surface area contributed by atoms with Crippen LogP contribution in [-0.4, -0.2) is 68.0 Å². The summed E-state index contributed by atoms with van der Waals surface area (Å²) in [5.41, 5.74) is 0.397. The highest BCUT2D eigenvalue weighted by atomic mass is 32.2. The standard InChI is InChI=1S/C12H18N4O4S/c17-12(10-7-13-8-10)15-2-4-16(5-3-15)21(18,19)9-11-1-6-20-14-11/h1,6,10,13H,2-5,7-9H2. The third-order valence-electron chi connectivity index (χ3n) is 3.90. The third-order valence-corrected chi connectivity index (χ3v) is 5.71. The maximum Gasteiger partial charge on any atom is 0.228 e. The SMILES string of the molecule is O=C(C1CNC1)N1CCN(S(=O)(=O)Cc2ccon2)CC1. The molecule has 21 heavy (non-hydrogen) atoms. The lowest BCUT2D eigenvalue weighted by atomic mass is 10.0. The Morgan fingerprint density at radius 3 is 2.57 bits per heavy atom. The summed E-state index contributed by atoms with van der Waals surface area (Å²) in [7, 11) is -3.41. The van der Waals surface area contributed by atoms with Crippen molar-refractivity contribution in [2.24, 2.45) is 5.92 Å². The van der Waals surface area contributed by atoms with Crippen molar-refractivity contribution in [2.75, 3.05) is 39.3 Å². The van der Waals surface area contributed by atoms with Gasteiger partial charge < -0.3 is 14.7 Å². The molecule has 2 aliphatic rings.